The van der Waals surface area contributed by atoms with E-state index in [9.17, 15) is 14.0 Å². The molecule has 0 heterocycles. The molecule has 1 atom stereocenters. The van der Waals surface area contributed by atoms with Gasteiger partial charge >= 0.3 is 0 Å². The molecule has 1 unspecified atom stereocenters. The second-order valence-electron chi connectivity index (χ2n) is 9.42. The van der Waals surface area contributed by atoms with E-state index in [0.717, 1.165) is 24.0 Å². The second kappa shape index (κ2) is 11.8. The van der Waals surface area contributed by atoms with E-state index in [1.165, 1.54) is 17.7 Å². The van der Waals surface area contributed by atoms with Crippen LogP contribution in [0.3, 0.4) is 0 Å². The Morgan fingerprint density at radius 2 is 1.59 bits per heavy atom. The third kappa shape index (κ3) is 7.77. The van der Waals surface area contributed by atoms with Crippen molar-refractivity contribution in [3.63, 3.8) is 0 Å². The summed E-state index contributed by atoms with van der Waals surface area (Å²) >= 11 is 0. The molecule has 32 heavy (non-hydrogen) atoms. The normalized spacial score (nSPS) is 12.3. The Hall–Kier alpha value is -2.69. The molecule has 5 heteroatoms. The maximum absolute atomic E-state index is 13.3. The molecule has 2 aromatic carbocycles. The molecular formula is C27H37FN2O2. The van der Waals surface area contributed by atoms with E-state index in [-0.39, 0.29) is 29.6 Å². The van der Waals surface area contributed by atoms with Crippen LogP contribution in [-0.4, -0.2) is 29.3 Å². The van der Waals surface area contributed by atoms with Crippen LogP contribution < -0.4 is 5.32 Å². The molecule has 0 aliphatic heterocycles. The summed E-state index contributed by atoms with van der Waals surface area (Å²) in [5.74, 6) is -0.577. The highest BCUT2D eigenvalue weighted by atomic mass is 19.1. The van der Waals surface area contributed by atoms with Gasteiger partial charge in [-0.05, 0) is 54.0 Å². The Balaban J connectivity index is 2.09. The van der Waals surface area contributed by atoms with Crippen LogP contribution in [0.15, 0.2) is 48.5 Å². The highest BCUT2D eigenvalue weighted by Crippen LogP contribution is 2.22. The Bertz CT molecular complexity index is 870. The van der Waals surface area contributed by atoms with Crippen molar-refractivity contribution in [2.24, 2.45) is 0 Å². The lowest BCUT2D eigenvalue weighted by atomic mass is 9.86. The average Bonchev–Trinajstić information content (AvgIpc) is 2.76. The maximum Gasteiger partial charge on any atom is 0.242 e. The molecule has 0 saturated carbocycles. The predicted octanol–water partition coefficient (Wildman–Crippen LogP) is 5.39. The fourth-order valence-corrected chi connectivity index (χ4v) is 3.47. The number of unbranched alkanes of at least 4 members (excludes halogenated alkanes) is 1. The zero-order valence-corrected chi connectivity index (χ0v) is 20.1. The van der Waals surface area contributed by atoms with E-state index < -0.39 is 6.04 Å². The van der Waals surface area contributed by atoms with Crippen molar-refractivity contribution in [1.29, 1.82) is 0 Å². The van der Waals surface area contributed by atoms with Crippen LogP contribution in [0.2, 0.25) is 0 Å². The number of hydrogen-bond acceptors (Lipinski definition) is 2. The first kappa shape index (κ1) is 25.6. The first-order valence-corrected chi connectivity index (χ1v) is 11.5. The number of aryl methyl sites for hydroxylation is 1. The predicted molar refractivity (Wildman–Crippen MR) is 128 cm³/mol. The smallest absolute Gasteiger partial charge is 0.242 e. The fourth-order valence-electron chi connectivity index (χ4n) is 3.47. The Labute approximate surface area is 192 Å². The monoisotopic (exact) mass is 440 g/mol. The van der Waals surface area contributed by atoms with Gasteiger partial charge in [0.15, 0.2) is 0 Å². The summed E-state index contributed by atoms with van der Waals surface area (Å²) in [5, 5.41) is 2.91. The van der Waals surface area contributed by atoms with E-state index in [0.29, 0.717) is 19.4 Å². The van der Waals surface area contributed by atoms with Gasteiger partial charge in [-0.2, -0.15) is 0 Å². The molecule has 0 spiro atoms. The molecule has 0 aliphatic carbocycles. The second-order valence-corrected chi connectivity index (χ2v) is 9.42. The quantitative estimate of drug-likeness (QED) is 0.504. The molecule has 1 N–H and O–H groups in total. The first-order chi connectivity index (χ1) is 15.1. The minimum absolute atomic E-state index is 0.0842. The lowest BCUT2D eigenvalue weighted by molar-refractivity contribution is -0.140. The van der Waals surface area contributed by atoms with Gasteiger partial charge < -0.3 is 10.2 Å². The van der Waals surface area contributed by atoms with Crippen molar-refractivity contribution in [2.75, 3.05) is 6.54 Å². The lowest BCUT2D eigenvalue weighted by Gasteiger charge is -2.29. The largest absolute Gasteiger partial charge is 0.354 e. The number of nitrogens with zero attached hydrogens (tertiary/aromatic N) is 1. The van der Waals surface area contributed by atoms with E-state index in [1.807, 2.05) is 0 Å². The molecule has 2 amide bonds. The zero-order chi connectivity index (χ0) is 23.7. The summed E-state index contributed by atoms with van der Waals surface area (Å²) < 4.78 is 13.3. The number of carbonyl (C=O) groups is 2. The molecular weight excluding hydrogens is 403 g/mol. The number of benzene rings is 2. The van der Waals surface area contributed by atoms with Gasteiger partial charge in [-0.15, -0.1) is 0 Å². The van der Waals surface area contributed by atoms with Gasteiger partial charge in [0.25, 0.3) is 0 Å². The van der Waals surface area contributed by atoms with Gasteiger partial charge in [-0.25, -0.2) is 4.39 Å². The number of nitrogens with one attached hydrogen (secondary N) is 1. The van der Waals surface area contributed by atoms with Gasteiger partial charge in [-0.3, -0.25) is 9.59 Å². The molecule has 174 valence electrons. The van der Waals surface area contributed by atoms with Gasteiger partial charge in [0.2, 0.25) is 11.8 Å². The lowest BCUT2D eigenvalue weighted by Crippen LogP contribution is -2.47. The van der Waals surface area contributed by atoms with Crippen molar-refractivity contribution in [1.82, 2.24) is 10.2 Å². The number of hydrogen-bond donors (Lipinski definition) is 1. The molecule has 4 nitrogen and oxygen atoms in total. The minimum atomic E-state index is -0.604. The Kier molecular flexibility index (Phi) is 9.42. The SMILES string of the molecule is CCCCNC(=O)C(C)N(Cc1ccc(F)cc1)C(=O)CCc1ccc(C(C)(C)C)cc1. The van der Waals surface area contributed by atoms with E-state index in [4.69, 9.17) is 0 Å². The molecule has 2 aromatic rings. The van der Waals surface area contributed by atoms with Crippen LogP contribution in [0.4, 0.5) is 4.39 Å². The number of rotatable bonds is 10. The standard InChI is InChI=1S/C27H37FN2O2/c1-6-7-18-29-26(32)20(2)30(19-22-10-15-24(28)16-11-22)25(31)17-12-21-8-13-23(14-9-21)27(3,4)5/h8-11,13-16,20H,6-7,12,17-19H2,1-5H3,(H,29,32). The molecule has 0 bridgehead atoms. The average molecular weight is 441 g/mol. The highest BCUT2D eigenvalue weighted by Gasteiger charge is 2.25. The van der Waals surface area contributed by atoms with Crippen LogP contribution in [0.25, 0.3) is 0 Å². The van der Waals surface area contributed by atoms with Crippen LogP contribution >= 0.6 is 0 Å². The summed E-state index contributed by atoms with van der Waals surface area (Å²) in [5.41, 5.74) is 3.22. The van der Waals surface area contributed by atoms with Crippen LogP contribution in [-0.2, 0) is 28.0 Å². The number of halogens is 1. The van der Waals surface area contributed by atoms with Crippen LogP contribution in [0.1, 0.15) is 70.6 Å². The first-order valence-electron chi connectivity index (χ1n) is 11.5. The maximum atomic E-state index is 13.3. The molecule has 0 saturated heterocycles. The van der Waals surface area contributed by atoms with Gasteiger partial charge in [-0.1, -0.05) is 70.5 Å². The molecule has 0 aliphatic rings. The molecule has 0 radical (unpaired) electrons. The summed E-state index contributed by atoms with van der Waals surface area (Å²) in [6.45, 7) is 11.2. The minimum Gasteiger partial charge on any atom is -0.354 e. The van der Waals surface area contributed by atoms with Crippen molar-refractivity contribution in [3.8, 4) is 0 Å². The van der Waals surface area contributed by atoms with Gasteiger partial charge in [0.05, 0.1) is 0 Å². The van der Waals surface area contributed by atoms with E-state index >= 15 is 0 Å². The Morgan fingerprint density at radius 3 is 2.16 bits per heavy atom. The summed E-state index contributed by atoms with van der Waals surface area (Å²) in [6.07, 6.45) is 2.80. The van der Waals surface area contributed by atoms with Crippen LogP contribution in [0, 0.1) is 5.82 Å². The van der Waals surface area contributed by atoms with Gasteiger partial charge in [0, 0.05) is 19.5 Å². The van der Waals surface area contributed by atoms with Crippen molar-refractivity contribution in [3.05, 3.63) is 71.0 Å². The van der Waals surface area contributed by atoms with Crippen molar-refractivity contribution in [2.45, 2.75) is 78.3 Å². The summed E-state index contributed by atoms with van der Waals surface area (Å²) in [6, 6.07) is 13.8. The van der Waals surface area contributed by atoms with Crippen molar-refractivity contribution >= 4 is 11.8 Å². The van der Waals surface area contributed by atoms with E-state index in [1.54, 1.807) is 24.0 Å². The molecule has 0 aromatic heterocycles. The van der Waals surface area contributed by atoms with Crippen LogP contribution in [0.5, 0.6) is 0 Å². The molecule has 2 rings (SSSR count). The summed E-state index contributed by atoms with van der Waals surface area (Å²) in [7, 11) is 0. The Morgan fingerprint density at radius 1 is 1.00 bits per heavy atom. The third-order valence-corrected chi connectivity index (χ3v) is 5.71. The molecule has 0 fully saturated rings. The van der Waals surface area contributed by atoms with Crippen molar-refractivity contribution < 1.29 is 14.0 Å². The summed E-state index contributed by atoms with van der Waals surface area (Å²) in [4.78, 5) is 27.4. The van der Waals surface area contributed by atoms with Gasteiger partial charge in [0.1, 0.15) is 11.9 Å². The fraction of sp³-hybridized carbons (Fsp3) is 0.481. The zero-order valence-electron chi connectivity index (χ0n) is 20.1. The number of carbonyl (C=O) groups excluding carboxylic acids is 2. The highest BCUT2D eigenvalue weighted by molar-refractivity contribution is 5.87. The van der Waals surface area contributed by atoms with E-state index in [2.05, 4.69) is 57.3 Å². The topological polar surface area (TPSA) is 49.4 Å². The number of amides is 2. The third-order valence-electron chi connectivity index (χ3n) is 5.71.